The first-order chi connectivity index (χ1) is 16.8. The molecule has 1 fully saturated rings. The smallest absolute Gasteiger partial charge is 0.870 e. The van der Waals surface area contributed by atoms with Crippen LogP contribution >= 0.6 is 24.0 Å². The summed E-state index contributed by atoms with van der Waals surface area (Å²) in [4.78, 5) is 0. The Bertz CT molecular complexity index is 892. The van der Waals surface area contributed by atoms with E-state index in [1.54, 1.807) is 13.8 Å². The SMILES string of the molecule is CC(C)(O)CCc1ccccc1.CC(C)([O-])CCc1ccccc1.CC1(C)CO1.I.[CH2-]c1ccccc1.[CH3-].[CH3-].[CH3-].[Mg+2].[Mg+2].[Mg+2].[OH-].[OH3+]. The molecule has 1 aliphatic rings. The van der Waals surface area contributed by atoms with E-state index in [1.165, 1.54) is 11.1 Å². The largest absolute Gasteiger partial charge is 2.00 e. The predicted octanol–water partition coefficient (Wildman–Crippen LogP) is 6.54. The number of halogens is 1. The van der Waals surface area contributed by atoms with Gasteiger partial charge in [-0.1, -0.05) is 87.0 Å². The van der Waals surface area contributed by atoms with E-state index < -0.39 is 11.2 Å². The summed E-state index contributed by atoms with van der Waals surface area (Å²) in [6, 6.07) is 30.2. The number of benzene rings is 3. The van der Waals surface area contributed by atoms with Crippen molar-refractivity contribution in [1.29, 1.82) is 0 Å². The molecule has 0 aliphatic carbocycles. The minimum Gasteiger partial charge on any atom is -0.870 e. The van der Waals surface area contributed by atoms with Gasteiger partial charge in [0, 0.05) is 0 Å². The summed E-state index contributed by atoms with van der Waals surface area (Å²) in [5.74, 6) is 0. The topological polar surface area (TPSA) is 119 Å². The molecule has 0 saturated carbocycles. The Morgan fingerprint density at radius 1 is 0.711 bits per heavy atom. The molecular formula is C36H60IMg3O5+. The Morgan fingerprint density at radius 2 is 0.978 bits per heavy atom. The van der Waals surface area contributed by atoms with Crippen LogP contribution in [0.2, 0.25) is 0 Å². The molecule has 0 atom stereocenters. The zero-order valence-electron chi connectivity index (χ0n) is 29.7. The van der Waals surface area contributed by atoms with Gasteiger partial charge >= 0.3 is 69.2 Å². The van der Waals surface area contributed by atoms with Crippen molar-refractivity contribution in [2.45, 2.75) is 84.0 Å². The summed E-state index contributed by atoms with van der Waals surface area (Å²) in [7, 11) is 0. The predicted molar refractivity (Wildman–Crippen MR) is 210 cm³/mol. The Labute approximate surface area is 343 Å². The van der Waals surface area contributed by atoms with Crippen LogP contribution in [0, 0.1) is 29.2 Å². The summed E-state index contributed by atoms with van der Waals surface area (Å²) in [5, 5.41) is 20.8. The molecule has 1 heterocycles. The molecule has 0 unspecified atom stereocenters. The fourth-order valence-corrected chi connectivity index (χ4v) is 2.81. The Morgan fingerprint density at radius 3 is 1.18 bits per heavy atom. The van der Waals surface area contributed by atoms with Crippen molar-refractivity contribution >= 4 is 93.1 Å². The molecule has 0 aromatic heterocycles. The van der Waals surface area contributed by atoms with E-state index in [-0.39, 0.29) is 132 Å². The van der Waals surface area contributed by atoms with Gasteiger partial charge in [-0.25, -0.2) is 0 Å². The third kappa shape index (κ3) is 46.5. The van der Waals surface area contributed by atoms with Gasteiger partial charge in [-0.05, 0) is 58.1 Å². The summed E-state index contributed by atoms with van der Waals surface area (Å²) < 4.78 is 4.90. The average Bonchev–Trinajstić information content (AvgIpc) is 3.53. The zero-order valence-corrected chi connectivity index (χ0v) is 36.3. The molecular weight excluding hydrogens is 712 g/mol. The molecule has 4 rings (SSSR count). The molecule has 45 heavy (non-hydrogen) atoms. The number of ether oxygens (including phenoxy) is 1. The van der Waals surface area contributed by atoms with Crippen molar-refractivity contribution in [3.05, 3.63) is 137 Å². The van der Waals surface area contributed by atoms with E-state index in [9.17, 15) is 10.2 Å². The normalized spacial score (nSPS) is 10.8. The van der Waals surface area contributed by atoms with Crippen LogP contribution in [-0.4, -0.2) is 103 Å². The molecule has 3 aromatic carbocycles. The molecule has 1 saturated heterocycles. The van der Waals surface area contributed by atoms with Crippen LogP contribution in [0.3, 0.4) is 0 Å². The number of hydrogen-bond donors (Lipinski definition) is 1. The minimum absolute atomic E-state index is 0. The third-order valence-corrected chi connectivity index (χ3v) is 5.29. The maximum atomic E-state index is 11.3. The van der Waals surface area contributed by atoms with Gasteiger partial charge in [0.1, 0.15) is 0 Å². The second-order valence-electron chi connectivity index (χ2n) is 11.1. The Balaban J connectivity index is -0.0000000533. The molecule has 0 bridgehead atoms. The standard InChI is InChI=1S/C11H16O.C11H15O.C7H7.C4H8O.3CH3.HI.3Mg.2H2O/c2*1-11(2,12)9-8-10-6-4-3-5-7-10;1-7-5-3-2-4-6-7;1-4(2)3-5-4;;;;;;;;;/h3-7,12H,8-9H2,1-2H3;3-7H,8-9H2,1-2H3;2-6H,1H2;3H2,1-2H3;3*1H3;1H;;;;2*1H2/q;2*-1;;3*-1;;3*+2;;. The van der Waals surface area contributed by atoms with Crippen LogP contribution in [0.1, 0.15) is 71.1 Å². The van der Waals surface area contributed by atoms with Gasteiger partial charge < -0.3 is 48.2 Å². The van der Waals surface area contributed by atoms with Crippen molar-refractivity contribution in [3.8, 4) is 0 Å². The molecule has 0 amide bonds. The van der Waals surface area contributed by atoms with Crippen molar-refractivity contribution < 1.29 is 25.9 Å². The first-order valence-electron chi connectivity index (χ1n) is 12.8. The van der Waals surface area contributed by atoms with Crippen molar-refractivity contribution in [3.63, 3.8) is 0 Å². The van der Waals surface area contributed by atoms with Crippen LogP contribution in [0.4, 0.5) is 0 Å². The van der Waals surface area contributed by atoms with Crippen molar-refractivity contribution in [2.24, 2.45) is 0 Å². The van der Waals surface area contributed by atoms with E-state index in [0.29, 0.717) is 6.42 Å². The van der Waals surface area contributed by atoms with Gasteiger partial charge in [0.2, 0.25) is 0 Å². The Hall–Kier alpha value is 0.359. The second kappa shape index (κ2) is 35.7. The molecule has 0 spiro atoms. The van der Waals surface area contributed by atoms with Gasteiger partial charge in [-0.2, -0.15) is 24.6 Å². The average molecular weight is 773 g/mol. The summed E-state index contributed by atoms with van der Waals surface area (Å²) in [6.45, 7) is 16.0. The second-order valence-corrected chi connectivity index (χ2v) is 11.1. The van der Waals surface area contributed by atoms with Gasteiger partial charge in [0.15, 0.2) is 0 Å². The number of hydrogen-bond acceptors (Lipinski definition) is 4. The molecule has 3 aromatic rings. The number of aryl methyl sites for hydroxylation is 2. The van der Waals surface area contributed by atoms with Crippen LogP contribution in [0.15, 0.2) is 91.0 Å². The van der Waals surface area contributed by atoms with Gasteiger partial charge in [-0.3, -0.25) is 0 Å². The fourth-order valence-electron chi connectivity index (χ4n) is 2.81. The molecule has 5 N–H and O–H groups in total. The quantitative estimate of drug-likeness (QED) is 0.101. The van der Waals surface area contributed by atoms with Crippen LogP contribution in [0.5, 0.6) is 0 Å². The van der Waals surface area contributed by atoms with Crippen molar-refractivity contribution in [1.82, 2.24) is 0 Å². The van der Waals surface area contributed by atoms with E-state index in [2.05, 4.69) is 45.0 Å². The summed E-state index contributed by atoms with van der Waals surface area (Å²) >= 11 is 0. The molecule has 0 radical (unpaired) electrons. The minimum atomic E-state index is -0.796. The first kappa shape index (κ1) is 67.5. The monoisotopic (exact) mass is 771 g/mol. The molecule has 1 aliphatic heterocycles. The van der Waals surface area contributed by atoms with Crippen molar-refractivity contribution in [2.75, 3.05) is 6.61 Å². The maximum Gasteiger partial charge on any atom is 2.00 e. The van der Waals surface area contributed by atoms with E-state index in [0.717, 1.165) is 31.4 Å². The number of aliphatic hydroxyl groups is 1. The van der Waals surface area contributed by atoms with Gasteiger partial charge in [0.25, 0.3) is 0 Å². The third-order valence-electron chi connectivity index (χ3n) is 5.29. The van der Waals surface area contributed by atoms with Crippen LogP contribution < -0.4 is 5.11 Å². The van der Waals surface area contributed by atoms with E-state index in [1.807, 2.05) is 80.6 Å². The summed E-state index contributed by atoms with van der Waals surface area (Å²) in [5.41, 5.74) is 2.52. The van der Waals surface area contributed by atoms with Gasteiger partial charge in [-0.15, -0.1) is 41.7 Å². The Kier molecular flexibility index (Phi) is 53.5. The fraction of sp³-hybridized carbons (Fsp3) is 0.389. The molecule has 5 nitrogen and oxygen atoms in total. The van der Waals surface area contributed by atoms with E-state index >= 15 is 0 Å². The maximum absolute atomic E-state index is 11.3. The molecule has 9 heteroatoms. The number of epoxide rings is 1. The van der Waals surface area contributed by atoms with Gasteiger partial charge in [0.05, 0.1) is 17.8 Å². The number of rotatable bonds is 6. The molecule has 246 valence electrons. The van der Waals surface area contributed by atoms with Crippen LogP contribution in [0.25, 0.3) is 0 Å². The van der Waals surface area contributed by atoms with Crippen LogP contribution in [-0.2, 0) is 23.1 Å². The first-order valence-corrected chi connectivity index (χ1v) is 12.8. The van der Waals surface area contributed by atoms with E-state index in [4.69, 9.17) is 4.74 Å². The zero-order chi connectivity index (χ0) is 27.1. The summed E-state index contributed by atoms with van der Waals surface area (Å²) in [6.07, 6.45) is 3.36.